The molecule has 16 aliphatic rings. The average Bonchev–Trinajstić information content (AvgIpc) is 1.46. The number of carbonyl (C=O) groups excluding carboxylic acids is 6. The van der Waals surface area contributed by atoms with Crippen LogP contribution in [0, 0.1) is 205 Å². The van der Waals surface area contributed by atoms with Gasteiger partial charge in [-0.15, -0.1) is 0 Å². The van der Waals surface area contributed by atoms with Gasteiger partial charge in [-0.1, -0.05) is 100 Å². The summed E-state index contributed by atoms with van der Waals surface area (Å²) in [7, 11) is 15.8. The average molecular weight is 2040 g/mol. The number of rotatable bonds is 34. The molecule has 1 heterocycles. The maximum Gasteiger partial charge on any atom is 0.305 e. The second kappa shape index (κ2) is 47.9. The second-order valence-electron chi connectivity index (χ2n) is 49.3. The number of hydrogen-bond donors (Lipinski definition) is 3. The van der Waals surface area contributed by atoms with Crippen molar-refractivity contribution >= 4 is 35.4 Å². The van der Waals surface area contributed by atoms with Crippen molar-refractivity contribution in [2.24, 2.45) is 185 Å². The fourth-order valence-electron chi connectivity index (χ4n) is 36.3. The maximum atomic E-state index is 12.8. The third-order valence-corrected chi connectivity index (χ3v) is 43.7. The van der Waals surface area contributed by atoms with Crippen LogP contribution >= 0.6 is 0 Å². The van der Waals surface area contributed by atoms with E-state index in [1.165, 1.54) is 34.0 Å². The highest BCUT2D eigenvalue weighted by atomic mass is 16.7. The molecule has 146 heavy (non-hydrogen) atoms. The predicted octanol–water partition coefficient (Wildman–Crippen LogP) is 19.6. The monoisotopic (exact) mass is 2040 g/mol. The van der Waals surface area contributed by atoms with Crippen molar-refractivity contribution in [3.8, 4) is 0 Å². The molecule has 1 aromatic heterocycles. The molecule has 12 saturated carbocycles. The lowest BCUT2D eigenvalue weighted by Crippen LogP contribution is -2.63. The molecule has 0 aliphatic heterocycles. The third-order valence-electron chi connectivity index (χ3n) is 43.7. The summed E-state index contributed by atoms with van der Waals surface area (Å²) in [6.07, 6.45) is 28.6. The first-order valence-electron chi connectivity index (χ1n) is 54.9. The number of esters is 4. The minimum Gasteiger partial charge on any atom is -0.524 e. The quantitative estimate of drug-likeness (QED) is 0.0250. The lowest BCUT2D eigenvalue weighted by atomic mass is 9.43. The van der Waals surface area contributed by atoms with E-state index in [0.29, 0.717) is 160 Å². The van der Waals surface area contributed by atoms with Crippen molar-refractivity contribution in [1.29, 1.82) is 0 Å². The number of nitrogens with zero attached hydrogens (tertiary/aromatic N) is 4. The number of aliphatic hydroxyl groups excluding tert-OH is 3. The molecule has 816 valence electrons. The number of methoxy groups -OCH3 is 10. The summed E-state index contributed by atoms with van der Waals surface area (Å²) in [5.74, 6) is 7.65. The van der Waals surface area contributed by atoms with Gasteiger partial charge in [0.25, 0.3) is 0 Å². The standard InChI is InChI=1S/2C30H47NO7.C30H45NO7.C26H37NO5/c1-18(7-10-27(32)35-6)21-8-9-22-28-23(13-26(30(21,22)3)37-17-34-5)29(2)14-19-15-31-38-24(19)11-20(29)12-25(28)36-16-33-4;2*1-18(8-11-27(33)36-7)20-9-10-21-28-22(14-26(30(20,21)3)38-17-35-6)29(2)15-23(31-4)24(32)12-19(29)13-25(28)37-16-34-5;1-14(6-9-23(31)32-5)16-7-8-17-24-18(12-22(30)26(16,17)3)25(2)13-19(27-4)20(28)10-15(25)11-21(24)29/h15,18,20-23,25-26,28H,7-14,16-17H2,1-6H3;18-22,25-26,28,32H,8-17H2,1-3,5-7H3;15,18-22,25-26,28H,8-14,16-17H2,1-3,5-7H3;13-18,21-22,24,29-30H,6-12H2,1-3,5H3/t18-,20+,21-,22+,23+,25-,26+,28+,29+,30-;2*18-,19+,20-,21+,22+,25-,26+,28+,29+,30-;14-,15+,16-,17+,18+,21-,22+,24+,25+,26-/m1111/s1. The molecule has 0 aromatic carbocycles. The second-order valence-corrected chi connectivity index (χ2v) is 49.3. The lowest BCUT2D eigenvalue weighted by Gasteiger charge is -2.64. The van der Waals surface area contributed by atoms with Crippen molar-refractivity contribution in [3.63, 3.8) is 0 Å². The summed E-state index contributed by atoms with van der Waals surface area (Å²) in [5.41, 5.74) is 1.11. The number of ketones is 2. The Bertz CT molecular complexity index is 4900. The van der Waals surface area contributed by atoms with Gasteiger partial charge in [-0.05, 0) is 317 Å². The molecule has 1 aromatic rings. The molecule has 0 bridgehead atoms. The molecule has 16 aliphatic carbocycles. The normalized spacial score (nSPS) is 42.0. The lowest BCUT2D eigenvalue weighted by molar-refractivity contribution is -0.241. The van der Waals surface area contributed by atoms with Gasteiger partial charge >= 0.3 is 23.9 Å². The van der Waals surface area contributed by atoms with E-state index in [1.54, 1.807) is 42.7 Å². The van der Waals surface area contributed by atoms with Crippen LogP contribution in [0.4, 0.5) is 0 Å². The Balaban J connectivity index is 0.000000154. The molecule has 30 nitrogen and oxygen atoms in total. The molecule has 3 N–H and O–H groups in total. The minimum atomic E-state index is -0.507. The van der Waals surface area contributed by atoms with Crippen LogP contribution in [0.2, 0.25) is 0 Å². The predicted molar refractivity (Wildman–Crippen MR) is 541 cm³/mol. The zero-order valence-corrected chi connectivity index (χ0v) is 91.7. The van der Waals surface area contributed by atoms with E-state index in [4.69, 9.17) is 100 Å². The molecule has 30 heteroatoms. The third kappa shape index (κ3) is 21.4. The molecule has 40 atom stereocenters. The summed E-state index contributed by atoms with van der Waals surface area (Å²) in [4.78, 5) is 83.5. The highest BCUT2D eigenvalue weighted by molar-refractivity contribution is 5.99. The first-order chi connectivity index (χ1) is 69.6. The number of aliphatic hydroxyl groups is 3. The molecule has 0 amide bonds. The van der Waals surface area contributed by atoms with E-state index < -0.39 is 12.2 Å². The van der Waals surface area contributed by atoms with Crippen LogP contribution in [-0.2, 0) is 117 Å². The van der Waals surface area contributed by atoms with Gasteiger partial charge in [0.15, 0.2) is 11.6 Å². The Morgan fingerprint density at radius 2 is 0.726 bits per heavy atom. The summed E-state index contributed by atoms with van der Waals surface area (Å²) < 4.78 is 96.7. The van der Waals surface area contributed by atoms with Gasteiger partial charge in [0.2, 0.25) is 17.1 Å². The zero-order chi connectivity index (χ0) is 106. The van der Waals surface area contributed by atoms with Crippen molar-refractivity contribution < 1.29 is 124 Å². The Hall–Kier alpha value is -6.64. The Morgan fingerprint density at radius 1 is 0.397 bits per heavy atom. The Labute approximate surface area is 868 Å². The number of ether oxygens (including phenoxy) is 16. The van der Waals surface area contributed by atoms with Gasteiger partial charge < -0.3 is 105 Å². The van der Waals surface area contributed by atoms with E-state index in [1.807, 2.05) is 18.3 Å². The van der Waals surface area contributed by atoms with Crippen LogP contribution < -0.4 is 0 Å². The number of hydrogen-bond acceptors (Lipinski definition) is 27. The minimum absolute atomic E-state index is 0.00341. The van der Waals surface area contributed by atoms with Crippen LogP contribution in [0.15, 0.2) is 45.7 Å². The SMILES string of the molecule is COCO[C@H]1C[C@H]2[C@@H]([C@H](OCOC)C[C@@H]3Cc4oncc4C[C@@]32C)[C@@H]2CC[C@H]([C@H](C)CCC(=O)OC)[C@@]12C.[C-]#[N+]C1=C(O)C[C@H]2C[C@@H](OCOC)[C@@H]3[C@H](C[C@H](OCOC)[C@]4(C)[C@@H]([C@H](C)CCC(=O)OC)CC[C@@H]34)[C@@]2(C)C1.[C-]#[N+]C1=C[C@@]2(C)[C@@H](CC1=O)C[C@@H](O)[C@@H]1[C@@H]2C[C@H](O)[C@]2(C)[C@@H]([C@H](C)CCC(=O)OC)CC[C@@H]12.[C-]#[N+]C1=C[C@@]2(C)[C@@H](CC1=O)C[C@@H](OCOC)[C@@H]1[C@@H]2C[C@H](OCOC)[C@]2(C)[C@@H]([C@H](C)CCC(=O)OC)CC[C@@H]12. The van der Waals surface area contributed by atoms with Gasteiger partial charge in [-0.2, -0.15) is 0 Å². The molecule has 0 unspecified atom stereocenters. The van der Waals surface area contributed by atoms with E-state index in [-0.39, 0.29) is 225 Å². The molecule has 17 rings (SSSR count). The van der Waals surface area contributed by atoms with Crippen LogP contribution in [-0.4, -0.2) is 217 Å². The van der Waals surface area contributed by atoms with Crippen molar-refractivity contribution in [2.45, 2.75) is 325 Å². The van der Waals surface area contributed by atoms with Gasteiger partial charge in [0, 0.05) is 109 Å². The van der Waals surface area contributed by atoms with Crippen LogP contribution in [0.1, 0.15) is 274 Å². The summed E-state index contributed by atoms with van der Waals surface area (Å²) in [6.45, 7) is 52.0. The summed E-state index contributed by atoms with van der Waals surface area (Å²) in [5, 5.41) is 37.7. The molecule has 0 saturated heterocycles. The number of aromatic nitrogens is 1. The van der Waals surface area contributed by atoms with Crippen molar-refractivity contribution in [1.82, 2.24) is 5.16 Å². The molecule has 0 spiro atoms. The van der Waals surface area contributed by atoms with Crippen LogP contribution in [0.3, 0.4) is 0 Å². The van der Waals surface area contributed by atoms with Gasteiger partial charge in [0.05, 0.1) is 109 Å². The highest BCUT2D eigenvalue weighted by Gasteiger charge is 2.73. The zero-order valence-electron chi connectivity index (χ0n) is 91.7. The number of allylic oxidation sites excluding steroid dienone is 6. The van der Waals surface area contributed by atoms with Crippen molar-refractivity contribution in [2.75, 3.05) is 112 Å². The number of fused-ring (bicyclic) bond motifs is 21. The smallest absolute Gasteiger partial charge is 0.305 e. The fourth-order valence-corrected chi connectivity index (χ4v) is 36.3. The van der Waals surface area contributed by atoms with Crippen molar-refractivity contribution in [3.05, 3.63) is 86.8 Å². The summed E-state index contributed by atoms with van der Waals surface area (Å²) >= 11 is 0. The number of carbonyl (C=O) groups is 6. The van der Waals surface area contributed by atoms with Gasteiger partial charge in [-0.3, -0.25) is 19.2 Å². The fraction of sp³-hybridized carbons (Fsp3) is 0.845. The van der Waals surface area contributed by atoms with E-state index in [9.17, 15) is 44.1 Å². The molecular formula is C116H176N4O26. The maximum absolute atomic E-state index is 12.8. The van der Waals surface area contributed by atoms with Crippen LogP contribution in [0.5, 0.6) is 0 Å². The van der Waals surface area contributed by atoms with Gasteiger partial charge in [0.1, 0.15) is 46.5 Å². The Kier molecular flexibility index (Phi) is 37.7. The molecule has 12 fully saturated rings. The first kappa shape index (κ1) is 115. The van der Waals surface area contributed by atoms with Crippen LogP contribution in [0.25, 0.3) is 14.5 Å². The summed E-state index contributed by atoms with van der Waals surface area (Å²) in [6, 6.07) is 0. The molecule has 0 radical (unpaired) electrons. The van der Waals surface area contributed by atoms with E-state index in [0.717, 1.165) is 134 Å². The topological polar surface area (TPSA) is 350 Å². The Morgan fingerprint density at radius 3 is 1.10 bits per heavy atom. The molecular weight excluding hydrogens is 1870 g/mol. The van der Waals surface area contributed by atoms with E-state index >= 15 is 0 Å². The van der Waals surface area contributed by atoms with E-state index in [2.05, 4.69) is 103 Å². The van der Waals surface area contributed by atoms with Gasteiger partial charge in [-0.25, -0.2) is 14.5 Å². The highest BCUT2D eigenvalue weighted by Crippen LogP contribution is 2.75. The largest absolute Gasteiger partial charge is 0.524 e. The number of Topliss-reactive ketones (excluding diaryl/α,β-unsaturated/α-hetero) is 2. The first-order valence-corrected chi connectivity index (χ1v) is 54.9.